The number of phenols is 1. The highest BCUT2D eigenvalue weighted by Gasteiger charge is 2.21. The summed E-state index contributed by atoms with van der Waals surface area (Å²) in [6, 6.07) is 2.24. The van der Waals surface area contributed by atoms with Gasteiger partial charge < -0.3 is 10.3 Å². The second-order valence-electron chi connectivity index (χ2n) is 2.99. The molecule has 0 aromatic heterocycles. The zero-order chi connectivity index (χ0) is 11.6. The number of aromatic hydroxyl groups is 1. The van der Waals surface area contributed by atoms with Crippen LogP contribution in [0.2, 0.25) is 0 Å². The van der Waals surface area contributed by atoms with Crippen molar-refractivity contribution in [1.82, 2.24) is 5.48 Å². The molecular formula is C8H10FNO4S. The largest absolute Gasteiger partial charge is 0.506 e. The molecular weight excluding hydrogens is 225 g/mol. The minimum Gasteiger partial charge on any atom is -0.506 e. The highest BCUT2D eigenvalue weighted by Crippen LogP contribution is 2.27. The van der Waals surface area contributed by atoms with E-state index < -0.39 is 26.3 Å². The smallest absolute Gasteiger partial charge is 0.182 e. The third kappa shape index (κ3) is 2.44. The molecule has 5 nitrogen and oxygen atoms in total. The summed E-state index contributed by atoms with van der Waals surface area (Å²) in [5.41, 5.74) is 1.66. The maximum Gasteiger partial charge on any atom is 0.182 e. The molecule has 0 spiro atoms. The van der Waals surface area contributed by atoms with Gasteiger partial charge in [-0.2, -0.15) is 0 Å². The fraction of sp³-hybridized carbons (Fsp3) is 0.250. The molecule has 84 valence electrons. The molecule has 0 saturated carbocycles. The van der Waals surface area contributed by atoms with Crippen molar-refractivity contribution in [2.75, 3.05) is 6.26 Å². The number of sulfone groups is 1. The van der Waals surface area contributed by atoms with Crippen molar-refractivity contribution in [2.45, 2.75) is 11.4 Å². The molecule has 0 fully saturated rings. The molecule has 7 heteroatoms. The van der Waals surface area contributed by atoms with Crippen molar-refractivity contribution in [3.8, 4) is 5.75 Å². The topological polar surface area (TPSA) is 86.6 Å². The van der Waals surface area contributed by atoms with Crippen LogP contribution in [0.25, 0.3) is 0 Å². The van der Waals surface area contributed by atoms with Crippen LogP contribution in [0.3, 0.4) is 0 Å². The number of phenolic OH excluding ortho intramolecular Hbond substituents is 1. The molecule has 1 aromatic rings. The van der Waals surface area contributed by atoms with E-state index in [1.54, 1.807) is 5.48 Å². The van der Waals surface area contributed by atoms with E-state index >= 15 is 0 Å². The number of hydrogen-bond donors (Lipinski definition) is 3. The fourth-order valence-corrected chi connectivity index (χ4v) is 2.07. The van der Waals surface area contributed by atoms with Gasteiger partial charge in [0.2, 0.25) is 0 Å². The summed E-state index contributed by atoms with van der Waals surface area (Å²) in [4.78, 5) is -0.754. The number of benzene rings is 1. The number of hydrogen-bond acceptors (Lipinski definition) is 5. The number of halogens is 1. The van der Waals surface area contributed by atoms with Crippen molar-refractivity contribution in [3.05, 3.63) is 23.5 Å². The lowest BCUT2D eigenvalue weighted by atomic mass is 10.2. The van der Waals surface area contributed by atoms with Crippen LogP contribution in [0.15, 0.2) is 17.0 Å². The molecule has 0 unspecified atom stereocenters. The zero-order valence-electron chi connectivity index (χ0n) is 7.86. The highest BCUT2D eigenvalue weighted by atomic mass is 32.2. The quantitative estimate of drug-likeness (QED) is 0.661. The Morgan fingerprint density at radius 1 is 1.47 bits per heavy atom. The first-order valence-corrected chi connectivity index (χ1v) is 5.84. The van der Waals surface area contributed by atoms with E-state index in [0.29, 0.717) is 0 Å². The van der Waals surface area contributed by atoms with E-state index in [0.717, 1.165) is 12.3 Å². The van der Waals surface area contributed by atoms with Gasteiger partial charge in [0, 0.05) is 18.4 Å². The first-order valence-electron chi connectivity index (χ1n) is 3.95. The summed E-state index contributed by atoms with van der Waals surface area (Å²) in [7, 11) is -3.84. The van der Waals surface area contributed by atoms with Gasteiger partial charge in [0.25, 0.3) is 0 Å². The number of rotatable bonds is 3. The van der Waals surface area contributed by atoms with Crippen LogP contribution in [0.5, 0.6) is 5.75 Å². The lowest BCUT2D eigenvalue weighted by Crippen LogP contribution is -2.11. The molecule has 0 aliphatic heterocycles. The standard InChI is InChI=1S/C8H10FNO4S/c1-15(13,14)8-6(11)3-2-5(4-10-12)7(8)9/h2-3,10-12H,4H2,1H3. The molecule has 0 amide bonds. The van der Waals surface area contributed by atoms with Crippen LogP contribution in [0.4, 0.5) is 4.39 Å². The predicted molar refractivity (Wildman–Crippen MR) is 49.8 cm³/mol. The van der Waals surface area contributed by atoms with Crippen LogP contribution < -0.4 is 5.48 Å². The van der Waals surface area contributed by atoms with E-state index in [9.17, 15) is 17.9 Å². The van der Waals surface area contributed by atoms with E-state index in [-0.39, 0.29) is 12.1 Å². The predicted octanol–water partition coefficient (Wildman–Crippen LogP) is 0.414. The average molecular weight is 235 g/mol. The van der Waals surface area contributed by atoms with E-state index in [2.05, 4.69) is 0 Å². The Bertz CT molecular complexity index is 472. The molecule has 0 atom stereocenters. The Hall–Kier alpha value is -1.18. The Balaban J connectivity index is 3.44. The molecule has 0 heterocycles. The Kier molecular flexibility index (Phi) is 3.28. The zero-order valence-corrected chi connectivity index (χ0v) is 8.68. The van der Waals surface area contributed by atoms with Gasteiger partial charge in [-0.25, -0.2) is 18.3 Å². The Morgan fingerprint density at radius 2 is 2.07 bits per heavy atom. The van der Waals surface area contributed by atoms with Gasteiger partial charge in [0.15, 0.2) is 9.84 Å². The van der Waals surface area contributed by atoms with E-state index in [4.69, 9.17) is 5.21 Å². The second-order valence-corrected chi connectivity index (χ2v) is 4.95. The first kappa shape index (κ1) is 11.9. The average Bonchev–Trinajstić information content (AvgIpc) is 2.08. The van der Waals surface area contributed by atoms with Crippen LogP contribution >= 0.6 is 0 Å². The third-order valence-electron chi connectivity index (χ3n) is 1.80. The first-order chi connectivity index (χ1) is 6.88. The third-order valence-corrected chi connectivity index (χ3v) is 2.93. The van der Waals surface area contributed by atoms with E-state index in [1.165, 1.54) is 6.07 Å². The maximum absolute atomic E-state index is 13.5. The normalized spacial score (nSPS) is 11.7. The van der Waals surface area contributed by atoms with Gasteiger partial charge in [0.05, 0.1) is 0 Å². The number of hydroxylamine groups is 1. The fourth-order valence-electron chi connectivity index (χ4n) is 1.16. The monoisotopic (exact) mass is 235 g/mol. The molecule has 1 rings (SSSR count). The Labute approximate surface area is 86.0 Å². The molecule has 3 N–H and O–H groups in total. The minimum absolute atomic E-state index is 0.0456. The second kappa shape index (κ2) is 4.13. The summed E-state index contributed by atoms with van der Waals surface area (Å²) in [5, 5.41) is 17.6. The van der Waals surface area contributed by atoms with Crippen molar-refractivity contribution in [3.63, 3.8) is 0 Å². The van der Waals surface area contributed by atoms with Crippen LogP contribution in [-0.4, -0.2) is 25.0 Å². The molecule has 0 aliphatic carbocycles. The lowest BCUT2D eigenvalue weighted by molar-refractivity contribution is 0.159. The van der Waals surface area contributed by atoms with Crippen molar-refractivity contribution >= 4 is 9.84 Å². The van der Waals surface area contributed by atoms with Gasteiger partial charge in [-0.1, -0.05) is 6.07 Å². The summed E-state index contributed by atoms with van der Waals surface area (Å²) in [6.07, 6.45) is 0.793. The SMILES string of the molecule is CS(=O)(=O)c1c(O)ccc(CNO)c1F. The number of nitrogens with one attached hydrogen (secondary N) is 1. The van der Waals surface area contributed by atoms with Gasteiger partial charge in [-0.3, -0.25) is 0 Å². The molecule has 0 aliphatic rings. The Morgan fingerprint density at radius 3 is 2.53 bits per heavy atom. The van der Waals surface area contributed by atoms with Crippen molar-refractivity contribution < 1.29 is 23.1 Å². The molecule has 0 radical (unpaired) electrons. The van der Waals surface area contributed by atoms with Gasteiger partial charge in [0.1, 0.15) is 16.5 Å². The highest BCUT2D eigenvalue weighted by molar-refractivity contribution is 7.90. The lowest BCUT2D eigenvalue weighted by Gasteiger charge is -2.07. The van der Waals surface area contributed by atoms with Crippen LogP contribution in [-0.2, 0) is 16.4 Å². The maximum atomic E-state index is 13.5. The molecule has 15 heavy (non-hydrogen) atoms. The van der Waals surface area contributed by atoms with Crippen LogP contribution in [0, 0.1) is 5.82 Å². The summed E-state index contributed by atoms with van der Waals surface area (Å²) in [6.45, 7) is -0.241. The van der Waals surface area contributed by atoms with Crippen molar-refractivity contribution in [2.24, 2.45) is 0 Å². The van der Waals surface area contributed by atoms with Gasteiger partial charge in [-0.15, -0.1) is 0 Å². The summed E-state index contributed by atoms with van der Waals surface area (Å²) < 4.78 is 35.8. The molecule has 1 aromatic carbocycles. The molecule has 0 saturated heterocycles. The van der Waals surface area contributed by atoms with Gasteiger partial charge in [-0.05, 0) is 6.07 Å². The van der Waals surface area contributed by atoms with Crippen LogP contribution in [0.1, 0.15) is 5.56 Å². The van der Waals surface area contributed by atoms with Crippen molar-refractivity contribution in [1.29, 1.82) is 0 Å². The van der Waals surface area contributed by atoms with Gasteiger partial charge >= 0.3 is 0 Å². The molecule has 0 bridgehead atoms. The summed E-state index contributed by atoms with van der Waals surface area (Å²) in [5.74, 6) is -1.70. The minimum atomic E-state index is -3.84. The summed E-state index contributed by atoms with van der Waals surface area (Å²) >= 11 is 0. The van der Waals surface area contributed by atoms with E-state index in [1.807, 2.05) is 0 Å².